The zero-order chi connectivity index (χ0) is 19.1. The highest BCUT2D eigenvalue weighted by Gasteiger charge is 2.11. The predicted molar refractivity (Wildman–Crippen MR) is 106 cm³/mol. The van der Waals surface area contributed by atoms with Crippen molar-refractivity contribution in [1.29, 1.82) is 0 Å². The van der Waals surface area contributed by atoms with Gasteiger partial charge >= 0.3 is 0 Å². The van der Waals surface area contributed by atoms with Gasteiger partial charge in [0, 0.05) is 0 Å². The molecule has 0 bridgehead atoms. The summed E-state index contributed by atoms with van der Waals surface area (Å²) in [4.78, 5) is 15.3. The van der Waals surface area contributed by atoms with Crippen LogP contribution in [0.1, 0.15) is 18.3 Å². The molecule has 0 saturated heterocycles. The lowest BCUT2D eigenvalue weighted by Gasteiger charge is -2.13. The molecule has 0 unspecified atom stereocenters. The SMILES string of the molecule is C/C=C/c1ccc(OCCn2c(CNC=O)nc3ccccc32)c(OC)c1. The maximum absolute atomic E-state index is 10.7. The molecular weight excluding hydrogens is 342 g/mol. The summed E-state index contributed by atoms with van der Waals surface area (Å²) in [6, 6.07) is 13.7. The molecule has 0 aliphatic carbocycles. The molecule has 6 nitrogen and oxygen atoms in total. The number of nitrogens with one attached hydrogen (secondary N) is 1. The molecule has 140 valence electrons. The van der Waals surface area contributed by atoms with Gasteiger partial charge in [0.05, 0.1) is 31.2 Å². The molecule has 0 spiro atoms. The number of methoxy groups -OCH3 is 1. The van der Waals surface area contributed by atoms with Crippen molar-refractivity contribution < 1.29 is 14.3 Å². The van der Waals surface area contributed by atoms with Crippen molar-refractivity contribution in [3.05, 3.63) is 59.9 Å². The van der Waals surface area contributed by atoms with Gasteiger partial charge in [-0.05, 0) is 36.8 Å². The second-order valence-corrected chi connectivity index (χ2v) is 5.93. The van der Waals surface area contributed by atoms with Gasteiger partial charge in [-0.2, -0.15) is 0 Å². The van der Waals surface area contributed by atoms with E-state index in [0.717, 1.165) is 22.4 Å². The Kier molecular flexibility index (Phi) is 6.10. The highest BCUT2D eigenvalue weighted by atomic mass is 16.5. The van der Waals surface area contributed by atoms with E-state index in [9.17, 15) is 4.79 Å². The fraction of sp³-hybridized carbons (Fsp3) is 0.238. The van der Waals surface area contributed by atoms with Crippen molar-refractivity contribution >= 4 is 23.5 Å². The van der Waals surface area contributed by atoms with Crippen LogP contribution in [0.2, 0.25) is 0 Å². The molecule has 1 aromatic heterocycles. The number of aromatic nitrogens is 2. The third-order valence-electron chi connectivity index (χ3n) is 4.20. The Hall–Kier alpha value is -3.28. The lowest BCUT2D eigenvalue weighted by molar-refractivity contribution is -0.109. The average molecular weight is 365 g/mol. The van der Waals surface area contributed by atoms with Gasteiger partial charge in [0.2, 0.25) is 6.41 Å². The zero-order valence-electron chi connectivity index (χ0n) is 15.5. The van der Waals surface area contributed by atoms with E-state index in [-0.39, 0.29) is 0 Å². The van der Waals surface area contributed by atoms with Crippen molar-refractivity contribution in [1.82, 2.24) is 14.9 Å². The Morgan fingerprint density at radius 3 is 2.81 bits per heavy atom. The standard InChI is InChI=1S/C21H23N3O3/c1-3-6-16-9-10-19(20(13-16)26-2)27-12-11-24-18-8-5-4-7-17(18)23-21(24)14-22-15-25/h3-10,13,15H,11-12,14H2,1-2H3,(H,22,25)/b6-3+. The number of rotatable bonds is 9. The normalized spacial score (nSPS) is 11.0. The van der Waals surface area contributed by atoms with Gasteiger partial charge in [-0.25, -0.2) is 4.98 Å². The number of carbonyl (C=O) groups excluding carboxylic acids is 1. The van der Waals surface area contributed by atoms with Crippen LogP contribution in [0, 0.1) is 0 Å². The van der Waals surface area contributed by atoms with Gasteiger partial charge in [-0.15, -0.1) is 0 Å². The molecule has 0 atom stereocenters. The van der Waals surface area contributed by atoms with Crippen LogP contribution in [-0.2, 0) is 17.9 Å². The third kappa shape index (κ3) is 4.28. The number of carbonyl (C=O) groups is 1. The molecule has 0 aliphatic rings. The first kappa shape index (κ1) is 18.5. The van der Waals surface area contributed by atoms with Gasteiger partial charge in [-0.3, -0.25) is 4.79 Å². The minimum atomic E-state index is 0.375. The molecule has 27 heavy (non-hydrogen) atoms. The van der Waals surface area contributed by atoms with Gasteiger partial charge in [0.25, 0.3) is 0 Å². The highest BCUT2D eigenvalue weighted by Crippen LogP contribution is 2.28. The van der Waals surface area contributed by atoms with Crippen molar-refractivity contribution in [2.75, 3.05) is 13.7 Å². The van der Waals surface area contributed by atoms with Crippen molar-refractivity contribution in [3.63, 3.8) is 0 Å². The molecule has 3 rings (SSSR count). The molecule has 0 aliphatic heterocycles. The number of fused-ring (bicyclic) bond motifs is 1. The number of hydrogen-bond acceptors (Lipinski definition) is 4. The monoisotopic (exact) mass is 365 g/mol. The topological polar surface area (TPSA) is 65.4 Å². The first-order valence-corrected chi connectivity index (χ1v) is 8.81. The van der Waals surface area contributed by atoms with Gasteiger partial charge in [0.1, 0.15) is 12.4 Å². The largest absolute Gasteiger partial charge is 0.493 e. The Morgan fingerprint density at radius 1 is 1.19 bits per heavy atom. The van der Waals surface area contributed by atoms with Gasteiger partial charge in [0.15, 0.2) is 11.5 Å². The van der Waals surface area contributed by atoms with Crippen LogP contribution in [0.25, 0.3) is 17.1 Å². The summed E-state index contributed by atoms with van der Waals surface area (Å²) in [6.07, 6.45) is 4.67. The van der Waals surface area contributed by atoms with E-state index in [2.05, 4.69) is 14.9 Å². The van der Waals surface area contributed by atoms with E-state index in [1.165, 1.54) is 0 Å². The third-order valence-corrected chi connectivity index (χ3v) is 4.20. The molecule has 0 saturated carbocycles. The zero-order valence-corrected chi connectivity index (χ0v) is 15.5. The lowest BCUT2D eigenvalue weighted by atomic mass is 10.2. The first-order chi connectivity index (χ1) is 13.3. The maximum Gasteiger partial charge on any atom is 0.207 e. The minimum absolute atomic E-state index is 0.375. The molecule has 2 aromatic carbocycles. The fourth-order valence-electron chi connectivity index (χ4n) is 2.99. The second kappa shape index (κ2) is 8.89. The molecule has 1 N–H and O–H groups in total. The van der Waals surface area contributed by atoms with E-state index >= 15 is 0 Å². The molecule has 1 heterocycles. The maximum atomic E-state index is 10.7. The molecule has 3 aromatic rings. The summed E-state index contributed by atoms with van der Waals surface area (Å²) < 4.78 is 13.5. The molecule has 1 amide bonds. The summed E-state index contributed by atoms with van der Waals surface area (Å²) in [7, 11) is 1.63. The second-order valence-electron chi connectivity index (χ2n) is 5.93. The number of amides is 1. The quantitative estimate of drug-likeness (QED) is 0.590. The average Bonchev–Trinajstić information content (AvgIpc) is 3.05. The van der Waals surface area contributed by atoms with Crippen molar-refractivity contribution in [3.8, 4) is 11.5 Å². The van der Waals surface area contributed by atoms with Crippen LogP contribution in [0.5, 0.6) is 11.5 Å². The lowest BCUT2D eigenvalue weighted by Crippen LogP contribution is -2.17. The van der Waals surface area contributed by atoms with E-state index in [1.54, 1.807) is 7.11 Å². The van der Waals surface area contributed by atoms with Crippen molar-refractivity contribution in [2.45, 2.75) is 20.0 Å². The molecule has 6 heteroatoms. The van der Waals surface area contributed by atoms with E-state index < -0.39 is 0 Å². The van der Waals surface area contributed by atoms with E-state index in [1.807, 2.05) is 61.5 Å². The number of hydrogen-bond donors (Lipinski definition) is 1. The Morgan fingerprint density at radius 2 is 2.04 bits per heavy atom. The summed E-state index contributed by atoms with van der Waals surface area (Å²) in [5, 5.41) is 2.68. The number of benzene rings is 2. The van der Waals surface area contributed by atoms with Crippen LogP contribution in [0.3, 0.4) is 0 Å². The fourth-order valence-corrected chi connectivity index (χ4v) is 2.99. The van der Waals surface area contributed by atoms with Crippen LogP contribution in [-0.4, -0.2) is 29.7 Å². The van der Waals surface area contributed by atoms with E-state index in [0.29, 0.717) is 37.6 Å². The van der Waals surface area contributed by atoms with Crippen LogP contribution in [0.4, 0.5) is 0 Å². The number of ether oxygens (including phenoxy) is 2. The number of allylic oxidation sites excluding steroid dienone is 1. The minimum Gasteiger partial charge on any atom is -0.493 e. The van der Waals surface area contributed by atoms with Crippen molar-refractivity contribution in [2.24, 2.45) is 0 Å². The summed E-state index contributed by atoms with van der Waals surface area (Å²) in [6.45, 7) is 3.41. The predicted octanol–water partition coefficient (Wildman–Crippen LogP) is 3.40. The smallest absolute Gasteiger partial charge is 0.207 e. The van der Waals surface area contributed by atoms with E-state index in [4.69, 9.17) is 9.47 Å². The number of imidazole rings is 1. The number of para-hydroxylation sites is 2. The van der Waals surface area contributed by atoms with Gasteiger partial charge in [-0.1, -0.05) is 30.4 Å². The van der Waals surface area contributed by atoms with Crippen LogP contribution in [0.15, 0.2) is 48.5 Å². The van der Waals surface area contributed by atoms with Crippen LogP contribution < -0.4 is 14.8 Å². The first-order valence-electron chi connectivity index (χ1n) is 8.81. The van der Waals surface area contributed by atoms with Crippen LogP contribution >= 0.6 is 0 Å². The Balaban J connectivity index is 1.76. The summed E-state index contributed by atoms with van der Waals surface area (Å²) in [5.41, 5.74) is 2.97. The molecular formula is C21H23N3O3. The number of nitrogens with zero attached hydrogens (tertiary/aromatic N) is 2. The molecule has 0 radical (unpaired) electrons. The summed E-state index contributed by atoms with van der Waals surface area (Å²) in [5.74, 6) is 2.19. The Labute approximate surface area is 158 Å². The highest BCUT2D eigenvalue weighted by molar-refractivity contribution is 5.76. The summed E-state index contributed by atoms with van der Waals surface area (Å²) >= 11 is 0. The molecule has 0 fully saturated rings. The Bertz CT molecular complexity index is 947. The van der Waals surface area contributed by atoms with Gasteiger partial charge < -0.3 is 19.4 Å².